The summed E-state index contributed by atoms with van der Waals surface area (Å²) in [6.45, 7) is 3.31. The van der Waals surface area contributed by atoms with Gasteiger partial charge < -0.3 is 19.3 Å². The molecule has 2 aliphatic rings. The molecular formula is C24H25Cl4IN4O4. The second-order valence-electron chi connectivity index (χ2n) is 7.84. The number of alkyl halides is 1. The summed E-state index contributed by atoms with van der Waals surface area (Å²) in [7, 11) is 3.75. The Hall–Kier alpha value is -1.79. The van der Waals surface area contributed by atoms with Crippen LogP contribution in [-0.4, -0.2) is 63.4 Å². The fourth-order valence-electron chi connectivity index (χ4n) is 3.35. The van der Waals surface area contributed by atoms with Crippen LogP contribution in [0.2, 0.25) is 20.4 Å². The molecule has 37 heavy (non-hydrogen) atoms. The topological polar surface area (TPSA) is 84.9 Å². The summed E-state index contributed by atoms with van der Waals surface area (Å²) >= 11 is 25.4. The number of hydrogen-bond acceptors (Lipinski definition) is 8. The van der Waals surface area contributed by atoms with E-state index >= 15 is 0 Å². The third kappa shape index (κ3) is 9.47. The van der Waals surface area contributed by atoms with E-state index in [1.807, 2.05) is 35.7 Å². The predicted octanol–water partition coefficient (Wildman–Crippen LogP) is 5.96. The van der Waals surface area contributed by atoms with Gasteiger partial charge in [-0.05, 0) is 35.1 Å². The summed E-state index contributed by atoms with van der Waals surface area (Å²) in [5.74, 6) is -0.615. The van der Waals surface area contributed by atoms with Crippen LogP contribution in [-0.2, 0) is 32.2 Å². The van der Waals surface area contributed by atoms with Gasteiger partial charge in [-0.15, -0.1) is 0 Å². The summed E-state index contributed by atoms with van der Waals surface area (Å²) in [5, 5.41) is 1.42. The first-order chi connectivity index (χ1) is 17.5. The third-order valence-electron chi connectivity index (χ3n) is 5.10. The summed E-state index contributed by atoms with van der Waals surface area (Å²) < 4.78 is 9.87. The molecule has 2 aliphatic heterocycles. The summed E-state index contributed by atoms with van der Waals surface area (Å²) in [5.41, 5.74) is 3.51. The molecule has 4 heterocycles. The van der Waals surface area contributed by atoms with Crippen LogP contribution in [0.1, 0.15) is 18.1 Å². The first-order valence-corrected chi connectivity index (χ1v) is 14.4. The molecule has 0 amide bonds. The van der Waals surface area contributed by atoms with Gasteiger partial charge in [0.15, 0.2) is 0 Å². The SMILES string of the molecule is CC1OC(=O)C=C1N(C)Cc1cnc(Cl)c(Cl)c1.CI.CN(Cc1cnc(Cl)c(Cl)c1)C1=CC(=O)OC1. The Balaban J connectivity index is 0.000000244. The number of carbonyl (C=O) groups is 2. The number of esters is 2. The summed E-state index contributed by atoms with van der Waals surface area (Å²) in [6.07, 6.45) is 6.06. The van der Waals surface area contributed by atoms with Crippen LogP contribution in [0.4, 0.5) is 0 Å². The van der Waals surface area contributed by atoms with Crippen molar-refractivity contribution in [1.29, 1.82) is 0 Å². The number of halogens is 5. The van der Waals surface area contributed by atoms with E-state index in [4.69, 9.17) is 55.9 Å². The lowest BCUT2D eigenvalue weighted by atomic mass is 10.2. The zero-order valence-corrected chi connectivity index (χ0v) is 25.7. The molecule has 2 aromatic heterocycles. The average molecular weight is 702 g/mol. The Morgan fingerprint density at radius 2 is 1.41 bits per heavy atom. The molecule has 0 aromatic carbocycles. The Kier molecular flexibility index (Phi) is 12.7. The maximum absolute atomic E-state index is 11.1. The van der Waals surface area contributed by atoms with Gasteiger partial charge in [-0.1, -0.05) is 69.0 Å². The highest BCUT2D eigenvalue weighted by Crippen LogP contribution is 2.24. The highest BCUT2D eigenvalue weighted by Gasteiger charge is 2.24. The number of rotatable bonds is 6. The number of hydrogen-bond donors (Lipinski definition) is 0. The highest BCUT2D eigenvalue weighted by atomic mass is 127. The van der Waals surface area contributed by atoms with Crippen molar-refractivity contribution in [3.63, 3.8) is 0 Å². The van der Waals surface area contributed by atoms with Crippen molar-refractivity contribution in [2.75, 3.05) is 25.6 Å². The number of nitrogens with zero attached hydrogens (tertiary/aromatic N) is 4. The first kappa shape index (κ1) is 31.4. The second-order valence-corrected chi connectivity index (χ2v) is 9.37. The van der Waals surface area contributed by atoms with Crippen LogP contribution in [0, 0.1) is 0 Å². The van der Waals surface area contributed by atoms with Crippen molar-refractivity contribution < 1.29 is 19.1 Å². The van der Waals surface area contributed by atoms with Crippen molar-refractivity contribution in [2.24, 2.45) is 0 Å². The average Bonchev–Trinajstić information content (AvgIpc) is 3.45. The van der Waals surface area contributed by atoms with Gasteiger partial charge >= 0.3 is 11.9 Å². The Morgan fingerprint density at radius 3 is 1.81 bits per heavy atom. The molecule has 8 nitrogen and oxygen atoms in total. The molecule has 0 fully saturated rings. The van der Waals surface area contributed by atoms with E-state index in [9.17, 15) is 9.59 Å². The standard InChI is InChI=1S/C12H12Cl2N2O2.C11H10Cl2N2O2.CH3I/c1-7-10(4-11(17)18-7)16(2)6-8-3-9(13)12(14)15-5-8;1-15(8-3-10(16)17-6-8)5-7-2-9(12)11(13)14-4-7;1-2/h3-5,7H,6H2,1-2H3;2-4H,5-6H2,1H3;1H3. The van der Waals surface area contributed by atoms with E-state index in [0.717, 1.165) is 22.5 Å². The first-order valence-electron chi connectivity index (χ1n) is 10.7. The molecule has 200 valence electrons. The minimum absolute atomic E-state index is 0.224. The Bertz CT molecular complexity index is 1200. The van der Waals surface area contributed by atoms with E-state index in [-0.39, 0.29) is 28.3 Å². The van der Waals surface area contributed by atoms with Crippen molar-refractivity contribution in [3.8, 4) is 0 Å². The van der Waals surface area contributed by atoms with Crippen LogP contribution in [0.3, 0.4) is 0 Å². The van der Waals surface area contributed by atoms with E-state index in [2.05, 4.69) is 32.6 Å². The van der Waals surface area contributed by atoms with Crippen molar-refractivity contribution in [1.82, 2.24) is 19.8 Å². The highest BCUT2D eigenvalue weighted by molar-refractivity contribution is 14.1. The van der Waals surface area contributed by atoms with Gasteiger partial charge in [-0.3, -0.25) is 0 Å². The van der Waals surface area contributed by atoms with Crippen molar-refractivity contribution >= 4 is 80.9 Å². The van der Waals surface area contributed by atoms with Crippen LogP contribution >= 0.6 is 69.0 Å². The molecule has 1 unspecified atom stereocenters. The van der Waals surface area contributed by atoms with Crippen molar-refractivity contribution in [2.45, 2.75) is 26.1 Å². The molecule has 0 saturated carbocycles. The van der Waals surface area contributed by atoms with Gasteiger partial charge in [-0.2, -0.15) is 0 Å². The van der Waals surface area contributed by atoms with Gasteiger partial charge in [-0.25, -0.2) is 19.6 Å². The van der Waals surface area contributed by atoms with Crippen LogP contribution in [0.25, 0.3) is 0 Å². The largest absolute Gasteiger partial charge is 0.456 e. The fraction of sp³-hybridized carbons (Fsp3) is 0.333. The fourth-order valence-corrected chi connectivity index (χ4v) is 3.93. The zero-order valence-electron chi connectivity index (χ0n) is 20.5. The monoisotopic (exact) mass is 700 g/mol. The molecule has 0 spiro atoms. The summed E-state index contributed by atoms with van der Waals surface area (Å²) in [6, 6.07) is 3.52. The number of pyridine rings is 2. The van der Waals surface area contributed by atoms with E-state index in [0.29, 0.717) is 29.7 Å². The molecule has 0 radical (unpaired) electrons. The van der Waals surface area contributed by atoms with Gasteiger partial charge in [0.2, 0.25) is 0 Å². The maximum Gasteiger partial charge on any atom is 0.333 e. The predicted molar refractivity (Wildman–Crippen MR) is 154 cm³/mol. The molecule has 0 aliphatic carbocycles. The third-order valence-corrected chi connectivity index (χ3v) is 6.47. The maximum atomic E-state index is 11.1. The van der Waals surface area contributed by atoms with Gasteiger partial charge in [0, 0.05) is 51.7 Å². The molecule has 2 aromatic rings. The smallest absolute Gasteiger partial charge is 0.333 e. The summed E-state index contributed by atoms with van der Waals surface area (Å²) in [4.78, 5) is 35.8. The van der Waals surface area contributed by atoms with Crippen LogP contribution in [0.15, 0.2) is 48.1 Å². The number of likely N-dealkylation sites (N-methyl/N-ethyl adjacent to an activating group) is 2. The van der Waals surface area contributed by atoms with E-state index in [1.54, 1.807) is 24.5 Å². The molecule has 0 saturated heterocycles. The Labute approximate surface area is 249 Å². The number of aromatic nitrogens is 2. The normalized spacial score (nSPS) is 15.9. The van der Waals surface area contributed by atoms with E-state index < -0.39 is 0 Å². The van der Waals surface area contributed by atoms with Crippen molar-refractivity contribution in [3.05, 3.63) is 79.6 Å². The Morgan fingerprint density at radius 1 is 0.892 bits per heavy atom. The molecule has 4 rings (SSSR count). The lowest BCUT2D eigenvalue weighted by Crippen LogP contribution is -2.23. The molecule has 13 heteroatoms. The minimum Gasteiger partial charge on any atom is -0.456 e. The second kappa shape index (κ2) is 15.0. The van der Waals surface area contributed by atoms with Crippen LogP contribution < -0.4 is 0 Å². The van der Waals surface area contributed by atoms with Gasteiger partial charge in [0.05, 0.1) is 21.4 Å². The zero-order chi connectivity index (χ0) is 27.7. The van der Waals surface area contributed by atoms with Gasteiger partial charge in [0.1, 0.15) is 23.0 Å². The quantitative estimate of drug-likeness (QED) is 0.158. The van der Waals surface area contributed by atoms with Gasteiger partial charge in [0.25, 0.3) is 0 Å². The molecule has 0 N–H and O–H groups in total. The lowest BCUT2D eigenvalue weighted by molar-refractivity contribution is -0.138. The van der Waals surface area contributed by atoms with Crippen LogP contribution in [0.5, 0.6) is 0 Å². The number of ether oxygens (including phenoxy) is 2. The minimum atomic E-state index is -0.309. The number of carbonyl (C=O) groups excluding carboxylic acids is 2. The number of cyclic esters (lactones) is 2. The lowest BCUT2D eigenvalue weighted by Gasteiger charge is -2.22. The molecular weight excluding hydrogens is 677 g/mol. The van der Waals surface area contributed by atoms with E-state index in [1.165, 1.54) is 12.2 Å². The molecule has 0 bridgehead atoms. The molecule has 1 atom stereocenters.